The van der Waals surface area contributed by atoms with Crippen LogP contribution < -0.4 is 10.2 Å². The van der Waals surface area contributed by atoms with Crippen molar-refractivity contribution in [3.05, 3.63) is 64.8 Å². The van der Waals surface area contributed by atoms with Gasteiger partial charge in [-0.15, -0.1) is 0 Å². The van der Waals surface area contributed by atoms with Gasteiger partial charge in [-0.1, -0.05) is 36.4 Å². The van der Waals surface area contributed by atoms with Crippen molar-refractivity contribution in [3.8, 4) is 11.3 Å². The van der Waals surface area contributed by atoms with E-state index in [0.717, 1.165) is 5.56 Å². The lowest BCUT2D eigenvalue weighted by molar-refractivity contribution is 0.542. The van der Waals surface area contributed by atoms with Crippen LogP contribution in [0.1, 0.15) is 0 Å². The van der Waals surface area contributed by atoms with E-state index in [4.69, 9.17) is 4.42 Å². The third-order valence-corrected chi connectivity index (χ3v) is 3.39. The van der Waals surface area contributed by atoms with Gasteiger partial charge in [0.2, 0.25) is 0 Å². The quantitative estimate of drug-likeness (QED) is 0.754. The first-order chi connectivity index (χ1) is 10.1. The molecule has 6 heteroatoms. The summed E-state index contributed by atoms with van der Waals surface area (Å²) in [6.07, 6.45) is 0. The van der Waals surface area contributed by atoms with Crippen LogP contribution in [-0.2, 0) is 11.3 Å². The molecule has 106 valence electrons. The van der Waals surface area contributed by atoms with E-state index >= 15 is 0 Å². The zero-order chi connectivity index (χ0) is 14.8. The average Bonchev–Trinajstić information content (AvgIpc) is 2.48. The highest BCUT2D eigenvalue weighted by molar-refractivity contribution is 7.80. The summed E-state index contributed by atoms with van der Waals surface area (Å²) in [4.78, 5) is 12.2. The van der Waals surface area contributed by atoms with Crippen molar-refractivity contribution >= 4 is 27.9 Å². The maximum atomic E-state index is 12.2. The smallest absolute Gasteiger partial charge is 0.193 e. The van der Waals surface area contributed by atoms with Crippen molar-refractivity contribution < 1.29 is 13.2 Å². The summed E-state index contributed by atoms with van der Waals surface area (Å²) in [6, 6.07) is 15.3. The molecule has 2 aromatic carbocycles. The van der Waals surface area contributed by atoms with Crippen LogP contribution in [0.25, 0.3) is 22.3 Å². The Morgan fingerprint density at radius 2 is 1.81 bits per heavy atom. The van der Waals surface area contributed by atoms with Gasteiger partial charge in [0.25, 0.3) is 0 Å². The zero-order valence-electron chi connectivity index (χ0n) is 10.7. The standard InChI is InChI=1S/C15H11NO4S/c17-13-9-14(10-5-2-1-3-6-10)20-15-11(13)7-4-8-12(15)16-21(18)19/h1-9,16H,(H,18,19)/p-1. The van der Waals surface area contributed by atoms with Gasteiger partial charge in [0, 0.05) is 22.9 Å². The molecule has 1 N–H and O–H groups in total. The molecular formula is C15H10NO4S-. The van der Waals surface area contributed by atoms with E-state index in [0.29, 0.717) is 11.1 Å². The lowest BCUT2D eigenvalue weighted by Gasteiger charge is -2.11. The largest absolute Gasteiger partial charge is 0.755 e. The average molecular weight is 300 g/mol. The normalized spacial score (nSPS) is 12.2. The second-order valence-electron chi connectivity index (χ2n) is 4.36. The van der Waals surface area contributed by atoms with Crippen LogP contribution in [0.5, 0.6) is 0 Å². The highest BCUT2D eigenvalue weighted by Gasteiger charge is 2.10. The van der Waals surface area contributed by atoms with Crippen LogP contribution in [0.15, 0.2) is 63.8 Å². The third-order valence-electron chi connectivity index (χ3n) is 3.01. The number of anilines is 1. The predicted octanol–water partition coefficient (Wildman–Crippen LogP) is 2.67. The van der Waals surface area contributed by atoms with Crippen LogP contribution in [0.4, 0.5) is 5.69 Å². The molecule has 5 nitrogen and oxygen atoms in total. The second kappa shape index (κ2) is 5.51. The van der Waals surface area contributed by atoms with Crippen molar-refractivity contribution in [2.24, 2.45) is 0 Å². The Morgan fingerprint density at radius 3 is 2.52 bits per heavy atom. The Hall–Kier alpha value is -2.44. The highest BCUT2D eigenvalue weighted by atomic mass is 32.2. The molecule has 0 amide bonds. The van der Waals surface area contributed by atoms with E-state index in [-0.39, 0.29) is 16.7 Å². The summed E-state index contributed by atoms with van der Waals surface area (Å²) < 4.78 is 29.6. The van der Waals surface area contributed by atoms with E-state index in [1.807, 2.05) is 30.3 Å². The van der Waals surface area contributed by atoms with Crippen LogP contribution in [0, 0.1) is 0 Å². The molecule has 0 aliphatic heterocycles. The van der Waals surface area contributed by atoms with Gasteiger partial charge in [-0.2, -0.15) is 0 Å². The first-order valence-corrected chi connectivity index (χ1v) is 7.21. The molecule has 0 saturated carbocycles. The molecule has 1 atom stereocenters. The fourth-order valence-corrected chi connectivity index (χ4v) is 2.43. The number of para-hydroxylation sites is 1. The van der Waals surface area contributed by atoms with Crippen molar-refractivity contribution in [1.29, 1.82) is 0 Å². The zero-order valence-corrected chi connectivity index (χ0v) is 11.6. The molecule has 21 heavy (non-hydrogen) atoms. The van der Waals surface area contributed by atoms with E-state index in [2.05, 4.69) is 4.72 Å². The molecule has 0 fully saturated rings. The minimum absolute atomic E-state index is 0.216. The van der Waals surface area contributed by atoms with Gasteiger partial charge in [0.15, 0.2) is 11.0 Å². The SMILES string of the molecule is O=c1cc(-c2ccccc2)oc2c(NS(=O)[O-])cccc12. The summed E-state index contributed by atoms with van der Waals surface area (Å²) in [6.45, 7) is 0. The minimum atomic E-state index is -2.49. The number of benzene rings is 2. The molecule has 3 rings (SSSR count). The number of hydrogen-bond acceptors (Lipinski definition) is 4. The van der Waals surface area contributed by atoms with E-state index < -0.39 is 11.3 Å². The molecule has 0 spiro atoms. The molecular weight excluding hydrogens is 290 g/mol. The Bertz CT molecular complexity index is 874. The molecule has 3 aromatic rings. The van der Waals surface area contributed by atoms with Gasteiger partial charge >= 0.3 is 0 Å². The topological polar surface area (TPSA) is 82.4 Å². The van der Waals surface area contributed by atoms with Crippen LogP contribution >= 0.6 is 0 Å². The first kappa shape index (κ1) is 13.5. The van der Waals surface area contributed by atoms with Gasteiger partial charge in [-0.25, -0.2) is 0 Å². The molecule has 1 heterocycles. The van der Waals surface area contributed by atoms with Crippen molar-refractivity contribution in [3.63, 3.8) is 0 Å². The lowest BCUT2D eigenvalue weighted by Crippen LogP contribution is -2.06. The monoisotopic (exact) mass is 300 g/mol. The number of nitrogens with one attached hydrogen (secondary N) is 1. The Labute approximate surface area is 122 Å². The first-order valence-electron chi connectivity index (χ1n) is 6.13. The highest BCUT2D eigenvalue weighted by Crippen LogP contribution is 2.26. The van der Waals surface area contributed by atoms with Gasteiger partial charge in [-0.3, -0.25) is 9.00 Å². The Balaban J connectivity index is 2.26. The molecule has 0 aliphatic rings. The Kier molecular flexibility index (Phi) is 3.55. The van der Waals surface area contributed by atoms with Gasteiger partial charge < -0.3 is 13.7 Å². The molecule has 0 aliphatic carbocycles. The van der Waals surface area contributed by atoms with E-state index in [1.165, 1.54) is 12.1 Å². The van der Waals surface area contributed by atoms with Crippen molar-refractivity contribution in [1.82, 2.24) is 0 Å². The molecule has 0 bridgehead atoms. The molecule has 0 saturated heterocycles. The van der Waals surface area contributed by atoms with E-state index in [9.17, 15) is 13.6 Å². The fraction of sp³-hybridized carbons (Fsp3) is 0. The van der Waals surface area contributed by atoms with Crippen LogP contribution in [-0.4, -0.2) is 8.76 Å². The Morgan fingerprint density at radius 1 is 1.05 bits per heavy atom. The summed E-state index contributed by atoms with van der Waals surface area (Å²) in [7, 11) is 0. The third kappa shape index (κ3) is 2.72. The molecule has 1 unspecified atom stereocenters. The molecule has 1 aromatic heterocycles. The van der Waals surface area contributed by atoms with Gasteiger partial charge in [0.1, 0.15) is 5.76 Å². The fourth-order valence-electron chi connectivity index (χ4n) is 2.09. The second-order valence-corrected chi connectivity index (χ2v) is 5.03. The van der Waals surface area contributed by atoms with E-state index in [1.54, 1.807) is 12.1 Å². The lowest BCUT2D eigenvalue weighted by atomic mass is 10.1. The van der Waals surface area contributed by atoms with Crippen molar-refractivity contribution in [2.75, 3.05) is 4.72 Å². The predicted molar refractivity (Wildman–Crippen MR) is 80.5 cm³/mol. The number of rotatable bonds is 3. The number of hydrogen-bond donors (Lipinski definition) is 1. The summed E-state index contributed by atoms with van der Waals surface area (Å²) in [5.74, 6) is 0.388. The maximum absolute atomic E-state index is 12.2. The summed E-state index contributed by atoms with van der Waals surface area (Å²) in [5.41, 5.74) is 0.966. The summed E-state index contributed by atoms with van der Waals surface area (Å²) in [5, 5.41) is 0.324. The van der Waals surface area contributed by atoms with Crippen LogP contribution in [0.3, 0.4) is 0 Å². The van der Waals surface area contributed by atoms with Gasteiger partial charge in [-0.05, 0) is 12.1 Å². The maximum Gasteiger partial charge on any atom is 0.193 e. The van der Waals surface area contributed by atoms with Crippen molar-refractivity contribution in [2.45, 2.75) is 0 Å². The number of fused-ring (bicyclic) bond motifs is 1. The van der Waals surface area contributed by atoms with Crippen LogP contribution in [0.2, 0.25) is 0 Å². The summed E-state index contributed by atoms with van der Waals surface area (Å²) >= 11 is -2.49. The molecule has 0 radical (unpaired) electrons. The van der Waals surface area contributed by atoms with Gasteiger partial charge in [0.05, 0.1) is 11.1 Å². The minimum Gasteiger partial charge on any atom is -0.755 e.